The van der Waals surface area contributed by atoms with Crippen molar-refractivity contribution in [2.45, 2.75) is 6.92 Å². The summed E-state index contributed by atoms with van der Waals surface area (Å²) in [5.74, 6) is -0.270. The van der Waals surface area contributed by atoms with Crippen molar-refractivity contribution >= 4 is 29.1 Å². The number of hydrogen-bond acceptors (Lipinski definition) is 4. The molecule has 2 N–H and O–H groups in total. The lowest BCUT2D eigenvalue weighted by Gasteiger charge is -2.05. The third kappa shape index (κ3) is 4.46. The van der Waals surface area contributed by atoms with Crippen molar-refractivity contribution in [2.24, 2.45) is 5.10 Å². The van der Waals surface area contributed by atoms with Gasteiger partial charge in [-0.1, -0.05) is 17.7 Å². The van der Waals surface area contributed by atoms with E-state index in [1.54, 1.807) is 37.3 Å². The molecular formula is C15H14ClN3O3. The number of nitrogens with one attached hydrogen (secondary N) is 2. The molecule has 114 valence electrons. The molecule has 7 heteroatoms. The number of halogens is 1. The van der Waals surface area contributed by atoms with Crippen LogP contribution in [0.25, 0.3) is 0 Å². The van der Waals surface area contributed by atoms with Gasteiger partial charge < -0.3 is 9.73 Å². The Morgan fingerprint density at radius 2 is 2.09 bits per heavy atom. The zero-order valence-corrected chi connectivity index (χ0v) is 12.6. The maximum atomic E-state index is 11.8. The van der Waals surface area contributed by atoms with Crippen LogP contribution in [-0.4, -0.2) is 24.1 Å². The van der Waals surface area contributed by atoms with E-state index in [0.717, 1.165) is 0 Å². The smallest absolute Gasteiger partial charge is 0.259 e. The summed E-state index contributed by atoms with van der Waals surface area (Å²) in [6.07, 6.45) is 1.52. The number of hydrazone groups is 1. The molecule has 2 rings (SSSR count). The number of rotatable bonds is 5. The van der Waals surface area contributed by atoms with Crippen LogP contribution in [0.4, 0.5) is 0 Å². The highest BCUT2D eigenvalue weighted by atomic mass is 35.5. The van der Waals surface area contributed by atoms with E-state index in [4.69, 9.17) is 16.0 Å². The molecule has 0 aliphatic heterocycles. The van der Waals surface area contributed by atoms with Crippen molar-refractivity contribution in [3.8, 4) is 0 Å². The lowest BCUT2D eigenvalue weighted by Crippen LogP contribution is -2.35. The Balaban J connectivity index is 1.83. The van der Waals surface area contributed by atoms with Crippen molar-refractivity contribution in [3.05, 3.63) is 59.0 Å². The molecule has 0 unspecified atom stereocenters. The highest BCUT2D eigenvalue weighted by Gasteiger charge is 2.08. The minimum Gasteiger partial charge on any atom is -0.463 e. The first-order valence-electron chi connectivity index (χ1n) is 6.47. The fourth-order valence-electron chi connectivity index (χ4n) is 1.62. The molecule has 1 aromatic carbocycles. The van der Waals surface area contributed by atoms with Gasteiger partial charge >= 0.3 is 0 Å². The summed E-state index contributed by atoms with van der Waals surface area (Å²) in [4.78, 5) is 23.5. The second-order valence-corrected chi connectivity index (χ2v) is 4.84. The summed E-state index contributed by atoms with van der Waals surface area (Å²) in [6, 6.07) is 9.91. The topological polar surface area (TPSA) is 83.7 Å². The van der Waals surface area contributed by atoms with Crippen LogP contribution < -0.4 is 10.7 Å². The van der Waals surface area contributed by atoms with Crippen molar-refractivity contribution in [2.75, 3.05) is 6.54 Å². The van der Waals surface area contributed by atoms with Crippen LogP contribution in [0, 0.1) is 0 Å². The molecule has 0 radical (unpaired) electrons. The van der Waals surface area contributed by atoms with Gasteiger partial charge in [0, 0.05) is 10.6 Å². The number of benzene rings is 1. The summed E-state index contributed by atoms with van der Waals surface area (Å²) in [6.45, 7) is 1.50. The molecule has 6 nitrogen and oxygen atoms in total. The Labute approximate surface area is 132 Å². The minimum atomic E-state index is -0.443. The van der Waals surface area contributed by atoms with Crippen LogP contribution in [-0.2, 0) is 4.79 Å². The molecule has 0 aliphatic carbocycles. The molecule has 0 spiro atoms. The summed E-state index contributed by atoms with van der Waals surface area (Å²) >= 11 is 5.80. The van der Waals surface area contributed by atoms with E-state index < -0.39 is 5.91 Å². The fourth-order valence-corrected chi connectivity index (χ4v) is 1.81. The number of hydrogen-bond donors (Lipinski definition) is 2. The molecule has 0 atom stereocenters. The van der Waals surface area contributed by atoms with Gasteiger partial charge in [-0.2, -0.15) is 5.10 Å². The van der Waals surface area contributed by atoms with E-state index in [9.17, 15) is 9.59 Å². The number of carbonyl (C=O) groups is 2. The van der Waals surface area contributed by atoms with Crippen molar-refractivity contribution < 1.29 is 14.0 Å². The Morgan fingerprint density at radius 1 is 1.27 bits per heavy atom. The Hall–Kier alpha value is -2.60. The van der Waals surface area contributed by atoms with Crippen LogP contribution in [0.1, 0.15) is 23.0 Å². The van der Waals surface area contributed by atoms with Gasteiger partial charge in [0.25, 0.3) is 11.8 Å². The number of amides is 2. The Bertz CT molecular complexity index is 696. The second kappa shape index (κ2) is 7.42. The van der Waals surface area contributed by atoms with Crippen LogP contribution in [0.3, 0.4) is 0 Å². The average Bonchev–Trinajstić information content (AvgIpc) is 3.04. The number of furan rings is 1. The van der Waals surface area contributed by atoms with E-state index in [1.807, 2.05) is 0 Å². The van der Waals surface area contributed by atoms with E-state index >= 15 is 0 Å². The molecule has 2 aromatic rings. The molecule has 1 heterocycles. The van der Waals surface area contributed by atoms with E-state index in [-0.39, 0.29) is 12.5 Å². The summed E-state index contributed by atoms with van der Waals surface area (Å²) in [5.41, 5.74) is 3.25. The molecule has 0 bridgehead atoms. The van der Waals surface area contributed by atoms with Gasteiger partial charge in [-0.3, -0.25) is 9.59 Å². The number of carbonyl (C=O) groups excluding carboxylic acids is 2. The van der Waals surface area contributed by atoms with Crippen molar-refractivity contribution in [1.82, 2.24) is 10.7 Å². The zero-order valence-electron chi connectivity index (χ0n) is 11.8. The van der Waals surface area contributed by atoms with Gasteiger partial charge in [0.05, 0.1) is 12.8 Å². The first-order valence-corrected chi connectivity index (χ1v) is 6.85. The highest BCUT2D eigenvalue weighted by Crippen LogP contribution is 2.10. The molecule has 0 fully saturated rings. The van der Waals surface area contributed by atoms with Crippen molar-refractivity contribution in [1.29, 1.82) is 0 Å². The third-order valence-electron chi connectivity index (χ3n) is 2.72. The third-order valence-corrected chi connectivity index (χ3v) is 2.96. The van der Waals surface area contributed by atoms with E-state index in [0.29, 0.717) is 22.1 Å². The Morgan fingerprint density at radius 3 is 2.77 bits per heavy atom. The van der Waals surface area contributed by atoms with Gasteiger partial charge in [-0.15, -0.1) is 0 Å². The van der Waals surface area contributed by atoms with Gasteiger partial charge in [0.2, 0.25) is 0 Å². The summed E-state index contributed by atoms with van der Waals surface area (Å²) in [7, 11) is 0. The number of nitrogens with zero attached hydrogens (tertiary/aromatic N) is 1. The minimum absolute atomic E-state index is 0.194. The fraction of sp³-hybridized carbons (Fsp3) is 0.133. The molecule has 0 saturated heterocycles. The van der Waals surface area contributed by atoms with Crippen LogP contribution in [0.2, 0.25) is 5.02 Å². The lowest BCUT2D eigenvalue weighted by molar-refractivity contribution is -0.120. The first-order chi connectivity index (χ1) is 10.6. The van der Waals surface area contributed by atoms with E-state index in [1.165, 1.54) is 12.3 Å². The zero-order chi connectivity index (χ0) is 15.9. The second-order valence-electron chi connectivity index (χ2n) is 4.40. The van der Waals surface area contributed by atoms with Gasteiger partial charge in [0.1, 0.15) is 11.5 Å². The predicted octanol–water partition coefficient (Wildman–Crippen LogP) is 2.20. The predicted molar refractivity (Wildman–Crippen MR) is 82.8 cm³/mol. The quantitative estimate of drug-likeness (QED) is 0.654. The van der Waals surface area contributed by atoms with Gasteiger partial charge in [-0.05, 0) is 37.3 Å². The largest absolute Gasteiger partial charge is 0.463 e. The molecule has 1 aromatic heterocycles. The molecule has 22 heavy (non-hydrogen) atoms. The van der Waals surface area contributed by atoms with Crippen LogP contribution in [0.5, 0.6) is 0 Å². The maximum Gasteiger partial charge on any atom is 0.259 e. The Kier molecular flexibility index (Phi) is 5.32. The molecule has 2 amide bonds. The monoisotopic (exact) mass is 319 g/mol. The molecule has 0 aliphatic rings. The van der Waals surface area contributed by atoms with Crippen LogP contribution >= 0.6 is 11.6 Å². The average molecular weight is 320 g/mol. The molecular weight excluding hydrogens is 306 g/mol. The maximum absolute atomic E-state index is 11.8. The van der Waals surface area contributed by atoms with Crippen LogP contribution in [0.15, 0.2) is 52.2 Å². The summed E-state index contributed by atoms with van der Waals surface area (Å²) < 4.78 is 5.13. The van der Waals surface area contributed by atoms with E-state index in [2.05, 4.69) is 15.8 Å². The lowest BCUT2D eigenvalue weighted by atomic mass is 10.2. The SMILES string of the molecule is CC(=NNC(=O)CNC(=O)c1cccc(Cl)c1)c1ccco1. The molecule has 0 saturated carbocycles. The van der Waals surface area contributed by atoms with Gasteiger partial charge in [-0.25, -0.2) is 5.43 Å². The van der Waals surface area contributed by atoms with Gasteiger partial charge in [0.15, 0.2) is 0 Å². The highest BCUT2D eigenvalue weighted by molar-refractivity contribution is 6.30. The van der Waals surface area contributed by atoms with Crippen molar-refractivity contribution in [3.63, 3.8) is 0 Å². The standard InChI is InChI=1S/C15H14ClN3O3/c1-10(13-6-3-7-22-13)18-19-14(20)9-17-15(21)11-4-2-5-12(16)8-11/h2-8H,9H2,1H3,(H,17,21)(H,19,20). The first kappa shape index (κ1) is 15.8. The summed E-state index contributed by atoms with van der Waals surface area (Å²) in [5, 5.41) is 6.82. The normalized spacial score (nSPS) is 11.1.